The Balaban J connectivity index is 1.54. The predicted molar refractivity (Wildman–Crippen MR) is 115 cm³/mol. The molecular weight excluding hydrogens is 374 g/mol. The van der Waals surface area contributed by atoms with Crippen LogP contribution in [0.25, 0.3) is 0 Å². The van der Waals surface area contributed by atoms with Crippen LogP contribution in [-0.4, -0.2) is 52.6 Å². The first kappa shape index (κ1) is 20.2. The van der Waals surface area contributed by atoms with Crippen LogP contribution in [0.5, 0.6) is 5.75 Å². The van der Waals surface area contributed by atoms with Crippen molar-refractivity contribution in [1.29, 1.82) is 0 Å². The van der Waals surface area contributed by atoms with Gasteiger partial charge in [-0.3, -0.25) is 15.3 Å². The number of nitrogens with one attached hydrogen (secondary N) is 2. The smallest absolute Gasteiger partial charge is 0.191 e. The van der Waals surface area contributed by atoms with E-state index in [9.17, 15) is 5.11 Å². The van der Waals surface area contributed by atoms with Crippen LogP contribution in [0.3, 0.4) is 0 Å². The number of hydrogen-bond acceptors (Lipinski definition) is 6. The van der Waals surface area contributed by atoms with Gasteiger partial charge < -0.3 is 15.2 Å². The number of hydrogen-bond donors (Lipinski definition) is 3. The number of aromatic nitrogens is 1. The largest absolute Gasteiger partial charge is 0.507 e. The number of rotatable bonds is 5. The second-order valence-electron chi connectivity index (χ2n) is 6.73. The highest BCUT2D eigenvalue weighted by molar-refractivity contribution is 7.80. The van der Waals surface area contributed by atoms with Crippen molar-refractivity contribution in [2.24, 2.45) is 5.10 Å². The number of phenolic OH excluding ortho intramolecular Hbond substituents is 1. The van der Waals surface area contributed by atoms with Gasteiger partial charge in [0, 0.05) is 25.3 Å². The second-order valence-corrected chi connectivity index (χ2v) is 7.13. The van der Waals surface area contributed by atoms with Crippen LogP contribution in [0.15, 0.2) is 35.4 Å². The van der Waals surface area contributed by atoms with E-state index >= 15 is 0 Å². The van der Waals surface area contributed by atoms with E-state index < -0.39 is 0 Å². The summed E-state index contributed by atoms with van der Waals surface area (Å²) in [5, 5.41) is 17.4. The van der Waals surface area contributed by atoms with Gasteiger partial charge in [-0.05, 0) is 61.5 Å². The van der Waals surface area contributed by atoms with Crippen molar-refractivity contribution in [2.45, 2.75) is 20.4 Å². The average Bonchev–Trinajstić information content (AvgIpc) is 2.67. The van der Waals surface area contributed by atoms with Gasteiger partial charge >= 0.3 is 0 Å². The lowest BCUT2D eigenvalue weighted by molar-refractivity contribution is 0.0336. The summed E-state index contributed by atoms with van der Waals surface area (Å²) in [6.07, 6.45) is 1.64. The Morgan fingerprint density at radius 3 is 2.71 bits per heavy atom. The van der Waals surface area contributed by atoms with Crippen molar-refractivity contribution >= 4 is 29.2 Å². The van der Waals surface area contributed by atoms with Gasteiger partial charge in [-0.25, -0.2) is 0 Å². The topological polar surface area (TPSA) is 82.0 Å². The van der Waals surface area contributed by atoms with Crippen molar-refractivity contribution in [3.8, 4) is 5.75 Å². The van der Waals surface area contributed by atoms with Crippen LogP contribution in [0, 0.1) is 13.8 Å². The van der Waals surface area contributed by atoms with E-state index in [1.54, 1.807) is 6.21 Å². The van der Waals surface area contributed by atoms with Gasteiger partial charge in [0.1, 0.15) is 5.75 Å². The number of hydrazone groups is 1. The molecule has 1 fully saturated rings. The molecule has 148 valence electrons. The highest BCUT2D eigenvalue weighted by Gasteiger charge is 2.11. The lowest BCUT2D eigenvalue weighted by Gasteiger charge is -2.26. The first-order valence-electron chi connectivity index (χ1n) is 9.17. The number of aryl methyl sites for hydroxylation is 2. The number of anilines is 1. The number of phenols is 1. The molecule has 0 atom stereocenters. The molecule has 1 aliphatic heterocycles. The van der Waals surface area contributed by atoms with Gasteiger partial charge in [-0.15, -0.1) is 0 Å². The van der Waals surface area contributed by atoms with Gasteiger partial charge in [-0.1, -0.05) is 6.07 Å². The lowest BCUT2D eigenvalue weighted by atomic mass is 10.1. The van der Waals surface area contributed by atoms with Gasteiger partial charge in [0.2, 0.25) is 0 Å². The summed E-state index contributed by atoms with van der Waals surface area (Å²) in [5.41, 5.74) is 6.93. The Labute approximate surface area is 170 Å². The molecule has 3 N–H and O–H groups in total. The SMILES string of the molecule is Cc1cc(NC(=S)N/N=C/c2cccc(CN3CCOCC3)n2)cc(C)c1O. The first-order chi connectivity index (χ1) is 13.5. The molecule has 0 spiro atoms. The number of ether oxygens (including phenoxy) is 1. The van der Waals surface area contributed by atoms with Crippen molar-refractivity contribution in [1.82, 2.24) is 15.3 Å². The number of thiocarbonyl (C=S) groups is 1. The van der Waals surface area contributed by atoms with Crippen LogP contribution in [0.1, 0.15) is 22.5 Å². The molecule has 28 heavy (non-hydrogen) atoms. The zero-order chi connectivity index (χ0) is 19.9. The highest BCUT2D eigenvalue weighted by Crippen LogP contribution is 2.25. The molecule has 0 aliphatic carbocycles. The van der Waals surface area contributed by atoms with Crippen LogP contribution in [-0.2, 0) is 11.3 Å². The van der Waals surface area contributed by atoms with Crippen molar-refractivity contribution < 1.29 is 9.84 Å². The Morgan fingerprint density at radius 1 is 1.29 bits per heavy atom. The number of morpholine rings is 1. The molecule has 7 nitrogen and oxygen atoms in total. The Hall–Kier alpha value is -2.55. The zero-order valence-electron chi connectivity index (χ0n) is 16.1. The Bertz CT molecular complexity index is 842. The third-order valence-corrected chi connectivity index (χ3v) is 4.62. The summed E-state index contributed by atoms with van der Waals surface area (Å²) in [7, 11) is 0. The fraction of sp³-hybridized carbons (Fsp3) is 0.350. The summed E-state index contributed by atoms with van der Waals surface area (Å²) in [6, 6.07) is 9.55. The number of benzene rings is 1. The van der Waals surface area contributed by atoms with Crippen molar-refractivity contribution in [2.75, 3.05) is 31.6 Å². The minimum atomic E-state index is 0.297. The fourth-order valence-corrected chi connectivity index (χ4v) is 3.16. The van der Waals surface area contributed by atoms with E-state index in [2.05, 4.69) is 25.7 Å². The van der Waals surface area contributed by atoms with Crippen LogP contribution in [0.2, 0.25) is 0 Å². The normalized spacial score (nSPS) is 14.9. The summed E-state index contributed by atoms with van der Waals surface area (Å²) in [6.45, 7) is 7.90. The minimum Gasteiger partial charge on any atom is -0.507 e. The maximum absolute atomic E-state index is 9.84. The van der Waals surface area contributed by atoms with E-state index in [0.717, 1.165) is 61.1 Å². The van der Waals surface area contributed by atoms with Crippen LogP contribution >= 0.6 is 12.2 Å². The quantitative estimate of drug-likeness (QED) is 0.308. The molecule has 2 heterocycles. The van der Waals surface area contributed by atoms with E-state index in [4.69, 9.17) is 17.0 Å². The molecule has 1 saturated heterocycles. The number of nitrogens with zero attached hydrogens (tertiary/aromatic N) is 3. The van der Waals surface area contributed by atoms with Gasteiger partial charge in [0.15, 0.2) is 5.11 Å². The van der Waals surface area contributed by atoms with Crippen molar-refractivity contribution in [3.05, 3.63) is 52.8 Å². The second kappa shape index (κ2) is 9.59. The highest BCUT2D eigenvalue weighted by atomic mass is 32.1. The molecule has 1 aromatic carbocycles. The molecule has 1 aliphatic rings. The molecule has 0 radical (unpaired) electrons. The summed E-state index contributed by atoms with van der Waals surface area (Å²) in [5.74, 6) is 0.297. The summed E-state index contributed by atoms with van der Waals surface area (Å²) >= 11 is 5.27. The Morgan fingerprint density at radius 2 is 2.00 bits per heavy atom. The molecule has 0 saturated carbocycles. The lowest BCUT2D eigenvalue weighted by Crippen LogP contribution is -2.35. The van der Waals surface area contributed by atoms with Crippen molar-refractivity contribution in [3.63, 3.8) is 0 Å². The molecule has 2 aromatic rings. The predicted octanol–water partition coefficient (Wildman–Crippen LogP) is 2.56. The van der Waals surface area contributed by atoms with Gasteiger partial charge in [0.05, 0.1) is 30.8 Å². The zero-order valence-corrected chi connectivity index (χ0v) is 16.9. The summed E-state index contributed by atoms with van der Waals surface area (Å²) in [4.78, 5) is 6.94. The van der Waals surface area contributed by atoms with Gasteiger partial charge in [-0.2, -0.15) is 5.10 Å². The molecule has 0 unspecified atom stereocenters. The summed E-state index contributed by atoms with van der Waals surface area (Å²) < 4.78 is 5.38. The number of aromatic hydroxyl groups is 1. The first-order valence-corrected chi connectivity index (χ1v) is 9.58. The molecule has 1 aromatic heterocycles. The average molecular weight is 400 g/mol. The van der Waals surface area contributed by atoms with E-state index in [1.165, 1.54) is 0 Å². The molecule has 8 heteroatoms. The maximum Gasteiger partial charge on any atom is 0.191 e. The standard InChI is InChI=1S/C20H25N5O2S/c1-14-10-18(11-15(2)19(14)26)23-20(28)24-21-12-16-4-3-5-17(22-16)13-25-6-8-27-9-7-25/h3-5,10-12,26H,6-9,13H2,1-2H3,(H2,23,24,28)/b21-12+. The van der Waals surface area contributed by atoms with E-state index in [-0.39, 0.29) is 0 Å². The fourth-order valence-electron chi connectivity index (χ4n) is 2.99. The third-order valence-electron chi connectivity index (χ3n) is 4.43. The van der Waals surface area contributed by atoms with Crippen LogP contribution in [0.4, 0.5) is 5.69 Å². The van der Waals surface area contributed by atoms with E-state index in [1.807, 2.05) is 44.2 Å². The minimum absolute atomic E-state index is 0.297. The van der Waals surface area contributed by atoms with E-state index in [0.29, 0.717) is 10.9 Å². The van der Waals surface area contributed by atoms with Gasteiger partial charge in [0.25, 0.3) is 0 Å². The molecular formula is C20H25N5O2S. The maximum atomic E-state index is 9.84. The molecule has 0 bridgehead atoms. The monoisotopic (exact) mass is 399 g/mol. The molecule has 3 rings (SSSR count). The third kappa shape index (κ3) is 5.72. The Kier molecular flexibility index (Phi) is 6.91. The number of pyridine rings is 1. The molecule has 0 amide bonds. The van der Waals surface area contributed by atoms with Crippen LogP contribution < -0.4 is 10.7 Å².